The van der Waals surface area contributed by atoms with Crippen LogP contribution in [0.4, 0.5) is 0 Å². The zero-order chi connectivity index (χ0) is 14.5. The lowest BCUT2D eigenvalue weighted by Gasteiger charge is -2.12. The second-order valence-electron chi connectivity index (χ2n) is 4.51. The molecule has 3 N–H and O–H groups in total. The first-order valence-corrected chi connectivity index (χ1v) is 7.25. The van der Waals surface area contributed by atoms with Gasteiger partial charge in [-0.05, 0) is 12.8 Å². The first-order chi connectivity index (χ1) is 9.61. The van der Waals surface area contributed by atoms with E-state index in [4.69, 9.17) is 10.2 Å². The molecule has 9 heteroatoms. The molecule has 110 valence electrons. The number of aliphatic carboxylic acids is 1. The molecule has 0 saturated heterocycles. The van der Waals surface area contributed by atoms with Gasteiger partial charge in [0.2, 0.25) is 5.91 Å². The normalized spacial score (nSPS) is 15.8. The standard InChI is InChI=1S/C11H16N4O4S/c16-4-3-8(10(18)19)13-9(17)5-20-11-14-12-6-15(11)7-1-2-7/h6-8,16H,1-5H2,(H,13,17)(H,18,19)/t8-/m1/s1. The molecule has 1 amide bonds. The van der Waals surface area contributed by atoms with Gasteiger partial charge in [-0.2, -0.15) is 0 Å². The first-order valence-electron chi connectivity index (χ1n) is 6.27. The van der Waals surface area contributed by atoms with Crippen molar-refractivity contribution in [3.8, 4) is 0 Å². The predicted octanol–water partition coefficient (Wildman–Crippen LogP) is -0.343. The summed E-state index contributed by atoms with van der Waals surface area (Å²) in [5.41, 5.74) is 0. The van der Waals surface area contributed by atoms with E-state index in [1.807, 2.05) is 4.57 Å². The molecule has 8 nitrogen and oxygen atoms in total. The minimum atomic E-state index is -1.15. The summed E-state index contributed by atoms with van der Waals surface area (Å²) in [6.07, 6.45) is 3.82. The van der Waals surface area contributed by atoms with E-state index in [-0.39, 0.29) is 18.8 Å². The number of amides is 1. The van der Waals surface area contributed by atoms with E-state index in [9.17, 15) is 9.59 Å². The number of nitrogens with one attached hydrogen (secondary N) is 1. The van der Waals surface area contributed by atoms with Gasteiger partial charge >= 0.3 is 5.97 Å². The summed E-state index contributed by atoms with van der Waals surface area (Å²) in [6.45, 7) is -0.291. The fourth-order valence-electron chi connectivity index (χ4n) is 1.69. The summed E-state index contributed by atoms with van der Waals surface area (Å²) in [6, 6.07) is -0.633. The second-order valence-corrected chi connectivity index (χ2v) is 5.45. The van der Waals surface area contributed by atoms with Gasteiger partial charge in [-0.15, -0.1) is 10.2 Å². The molecule has 2 rings (SSSR count). The highest BCUT2D eigenvalue weighted by Crippen LogP contribution is 2.37. The Kier molecular flexibility index (Phi) is 4.96. The van der Waals surface area contributed by atoms with Crippen LogP contribution in [0, 0.1) is 0 Å². The van der Waals surface area contributed by atoms with Gasteiger partial charge in [-0.3, -0.25) is 4.79 Å². The molecule has 1 aromatic heterocycles. The van der Waals surface area contributed by atoms with Crippen molar-refractivity contribution in [2.75, 3.05) is 12.4 Å². The average molecular weight is 300 g/mol. The Bertz CT molecular complexity index is 489. The van der Waals surface area contributed by atoms with Crippen molar-refractivity contribution in [2.24, 2.45) is 0 Å². The van der Waals surface area contributed by atoms with E-state index < -0.39 is 17.9 Å². The molecule has 1 saturated carbocycles. The summed E-state index contributed by atoms with van der Waals surface area (Å²) in [5.74, 6) is -1.49. The number of aliphatic hydroxyl groups is 1. The van der Waals surface area contributed by atoms with E-state index >= 15 is 0 Å². The second kappa shape index (κ2) is 6.71. The topological polar surface area (TPSA) is 117 Å². The van der Waals surface area contributed by atoms with Gasteiger partial charge in [-0.25, -0.2) is 4.79 Å². The Morgan fingerprint density at radius 1 is 1.55 bits per heavy atom. The number of thioether (sulfide) groups is 1. The Balaban J connectivity index is 1.82. The highest BCUT2D eigenvalue weighted by Gasteiger charge is 2.26. The van der Waals surface area contributed by atoms with Crippen molar-refractivity contribution >= 4 is 23.6 Å². The molecule has 1 aliphatic carbocycles. The van der Waals surface area contributed by atoms with Crippen LogP contribution in [0.25, 0.3) is 0 Å². The van der Waals surface area contributed by atoms with Gasteiger partial charge in [0.1, 0.15) is 12.4 Å². The van der Waals surface area contributed by atoms with Crippen LogP contribution in [0.3, 0.4) is 0 Å². The van der Waals surface area contributed by atoms with Gasteiger partial charge in [0.15, 0.2) is 5.16 Å². The molecule has 1 heterocycles. The number of nitrogens with zero attached hydrogens (tertiary/aromatic N) is 3. The maximum Gasteiger partial charge on any atom is 0.326 e. The average Bonchev–Trinajstić information content (AvgIpc) is 3.14. The molecule has 1 fully saturated rings. The Hall–Kier alpha value is -1.61. The highest BCUT2D eigenvalue weighted by atomic mass is 32.2. The number of carbonyl (C=O) groups excluding carboxylic acids is 1. The monoisotopic (exact) mass is 300 g/mol. The van der Waals surface area contributed by atoms with Crippen molar-refractivity contribution in [1.82, 2.24) is 20.1 Å². The highest BCUT2D eigenvalue weighted by molar-refractivity contribution is 7.99. The van der Waals surface area contributed by atoms with Gasteiger partial charge in [0.25, 0.3) is 0 Å². The maximum atomic E-state index is 11.7. The third kappa shape index (κ3) is 3.94. The molecule has 1 aliphatic rings. The zero-order valence-electron chi connectivity index (χ0n) is 10.7. The molecule has 0 spiro atoms. The molecule has 1 aromatic rings. The Morgan fingerprint density at radius 3 is 2.90 bits per heavy atom. The zero-order valence-corrected chi connectivity index (χ0v) is 11.5. The molecule has 0 aliphatic heterocycles. The lowest BCUT2D eigenvalue weighted by atomic mass is 10.2. The number of carboxylic acid groups (broad SMARTS) is 1. The van der Waals surface area contributed by atoms with Gasteiger partial charge < -0.3 is 20.1 Å². The summed E-state index contributed by atoms with van der Waals surface area (Å²) in [4.78, 5) is 22.5. The fraction of sp³-hybridized carbons (Fsp3) is 0.636. The third-order valence-electron chi connectivity index (χ3n) is 2.86. The number of hydrogen-bond acceptors (Lipinski definition) is 6. The lowest BCUT2D eigenvalue weighted by Crippen LogP contribution is -2.42. The predicted molar refractivity (Wildman–Crippen MR) is 70.3 cm³/mol. The van der Waals surface area contributed by atoms with Crippen molar-refractivity contribution in [3.63, 3.8) is 0 Å². The van der Waals surface area contributed by atoms with Gasteiger partial charge in [-0.1, -0.05) is 11.8 Å². The van der Waals surface area contributed by atoms with E-state index in [1.54, 1.807) is 6.33 Å². The number of aliphatic hydroxyl groups excluding tert-OH is 1. The van der Waals surface area contributed by atoms with E-state index in [0.717, 1.165) is 12.8 Å². The number of carbonyl (C=O) groups is 2. The first kappa shape index (κ1) is 14.8. The molecule has 0 unspecified atom stereocenters. The molecular formula is C11H16N4O4S. The van der Waals surface area contributed by atoms with Crippen molar-refractivity contribution < 1.29 is 19.8 Å². The van der Waals surface area contributed by atoms with Gasteiger partial charge in [0, 0.05) is 19.1 Å². The molecule has 20 heavy (non-hydrogen) atoms. The summed E-state index contributed by atoms with van der Waals surface area (Å²) in [7, 11) is 0. The van der Waals surface area contributed by atoms with Crippen LogP contribution in [0.2, 0.25) is 0 Å². The van der Waals surface area contributed by atoms with Crippen LogP contribution < -0.4 is 5.32 Å². The van der Waals surface area contributed by atoms with Crippen molar-refractivity contribution in [2.45, 2.75) is 36.5 Å². The van der Waals surface area contributed by atoms with Crippen LogP contribution in [0.1, 0.15) is 25.3 Å². The third-order valence-corrected chi connectivity index (χ3v) is 3.82. The summed E-state index contributed by atoms with van der Waals surface area (Å²) >= 11 is 1.22. The van der Waals surface area contributed by atoms with E-state index in [2.05, 4.69) is 15.5 Å². The Morgan fingerprint density at radius 2 is 2.30 bits per heavy atom. The number of aromatic nitrogens is 3. The van der Waals surface area contributed by atoms with Crippen molar-refractivity contribution in [1.29, 1.82) is 0 Å². The minimum absolute atomic E-state index is 0.00992. The molecule has 0 radical (unpaired) electrons. The number of rotatable bonds is 8. The fourth-order valence-corrected chi connectivity index (χ4v) is 2.48. The van der Waals surface area contributed by atoms with E-state index in [1.165, 1.54) is 11.8 Å². The summed E-state index contributed by atoms with van der Waals surface area (Å²) < 4.78 is 1.93. The van der Waals surface area contributed by atoms with Crippen LogP contribution in [-0.4, -0.2) is 55.3 Å². The Labute approximate surface area is 119 Å². The summed E-state index contributed by atoms with van der Waals surface area (Å²) in [5, 5.41) is 28.4. The maximum absolute atomic E-state index is 11.7. The molecular weight excluding hydrogens is 284 g/mol. The van der Waals surface area contributed by atoms with Gasteiger partial charge in [0.05, 0.1) is 5.75 Å². The molecule has 0 aromatic carbocycles. The van der Waals surface area contributed by atoms with Crippen LogP contribution in [0.15, 0.2) is 11.5 Å². The SMILES string of the molecule is O=C(CSc1nncn1C1CC1)N[C@H](CCO)C(=O)O. The van der Waals surface area contributed by atoms with Crippen molar-refractivity contribution in [3.05, 3.63) is 6.33 Å². The molecule has 0 bridgehead atoms. The number of carboxylic acids is 1. The minimum Gasteiger partial charge on any atom is -0.480 e. The largest absolute Gasteiger partial charge is 0.480 e. The van der Waals surface area contributed by atoms with E-state index in [0.29, 0.717) is 11.2 Å². The molecule has 1 atom stereocenters. The van der Waals surface area contributed by atoms with Crippen LogP contribution in [-0.2, 0) is 9.59 Å². The smallest absolute Gasteiger partial charge is 0.326 e. The number of hydrogen-bond donors (Lipinski definition) is 3. The lowest BCUT2D eigenvalue weighted by molar-refractivity contribution is -0.141. The van der Waals surface area contributed by atoms with Crippen LogP contribution >= 0.6 is 11.8 Å². The quantitative estimate of drug-likeness (QED) is 0.562. The van der Waals surface area contributed by atoms with Crippen LogP contribution in [0.5, 0.6) is 0 Å².